The molecule has 0 aromatic heterocycles. The fourth-order valence-electron chi connectivity index (χ4n) is 4.83. The third kappa shape index (κ3) is 5.97. The third-order valence-electron chi connectivity index (χ3n) is 7.87. The molecule has 0 spiro atoms. The van der Waals surface area contributed by atoms with Crippen molar-refractivity contribution in [2.75, 3.05) is 52.8 Å². The van der Waals surface area contributed by atoms with E-state index in [9.17, 15) is 13.8 Å². The Hall–Kier alpha value is -1.57. The van der Waals surface area contributed by atoms with Gasteiger partial charge >= 0.3 is 12.0 Å². The molecule has 8 heteroatoms. The maximum atomic E-state index is 12.6. The summed E-state index contributed by atoms with van der Waals surface area (Å²) < 4.78 is 19.2. The minimum absolute atomic E-state index is 0.0339. The summed E-state index contributed by atoms with van der Waals surface area (Å²) in [5.74, 6) is 5.06. The van der Waals surface area contributed by atoms with Gasteiger partial charge in [-0.05, 0) is 51.9 Å². The van der Waals surface area contributed by atoms with Crippen LogP contribution in [0.5, 0.6) is 0 Å². The fourth-order valence-corrected chi connectivity index (χ4v) is 6.14. The van der Waals surface area contributed by atoms with E-state index in [-0.39, 0.29) is 33.5 Å². The number of amidine groups is 1. The maximum absolute atomic E-state index is 12.6. The highest BCUT2D eigenvalue weighted by molar-refractivity contribution is 8.00. The molecule has 1 heterocycles. The van der Waals surface area contributed by atoms with Crippen molar-refractivity contribution < 1.29 is 23.1 Å². The molecule has 0 radical (unpaired) electrons. The zero-order valence-corrected chi connectivity index (χ0v) is 24.1. The van der Waals surface area contributed by atoms with Gasteiger partial charge < -0.3 is 9.64 Å². The molecule has 0 unspecified atom stereocenters. The lowest BCUT2D eigenvalue weighted by Crippen LogP contribution is -2.49. The van der Waals surface area contributed by atoms with Crippen molar-refractivity contribution in [3.63, 3.8) is 0 Å². The first-order chi connectivity index (χ1) is 15.3. The van der Waals surface area contributed by atoms with Gasteiger partial charge in [-0.1, -0.05) is 41.5 Å². The van der Waals surface area contributed by atoms with E-state index >= 15 is 0 Å². The van der Waals surface area contributed by atoms with Crippen LogP contribution in [-0.2, 0) is 23.8 Å². The first-order valence-corrected chi connectivity index (χ1v) is 14.4. The number of hydrogen-bond acceptors (Lipinski definition) is 4. The summed E-state index contributed by atoms with van der Waals surface area (Å²) in [7, 11) is 5.59. The summed E-state index contributed by atoms with van der Waals surface area (Å²) in [5, 5.41) is 0. The van der Waals surface area contributed by atoms with E-state index in [4.69, 9.17) is 4.74 Å². The van der Waals surface area contributed by atoms with E-state index in [1.54, 1.807) is 0 Å². The molecule has 3 rings (SSSR count). The summed E-state index contributed by atoms with van der Waals surface area (Å²) in [6, 6.07) is 0.588. The van der Waals surface area contributed by atoms with Crippen LogP contribution in [0.2, 0.25) is 0 Å². The molecule has 3 fully saturated rings. The largest absolute Gasteiger partial charge is 0.453 e. The van der Waals surface area contributed by atoms with E-state index < -0.39 is 9.52 Å². The average molecular weight is 499 g/mol. The molecule has 1 aliphatic heterocycles. The Balaban J connectivity index is 0.000000240. The molecule has 2 saturated carbocycles. The van der Waals surface area contributed by atoms with Crippen LogP contribution in [0, 0.1) is 21.7 Å². The molecule has 3 aliphatic rings. The topological polar surface area (TPSA) is 69.9 Å². The molecular weight excluding hydrogens is 450 g/mol. The number of carbonyl (C=O) groups excluding carboxylic acids is 2. The zero-order valence-electron chi connectivity index (χ0n) is 23.2. The summed E-state index contributed by atoms with van der Waals surface area (Å²) in [5.41, 5.74) is -0.433. The molecule has 0 N–H and O–H groups in total. The summed E-state index contributed by atoms with van der Waals surface area (Å²) in [6.45, 7) is 14.0. The molecule has 2 aliphatic carbocycles. The van der Waals surface area contributed by atoms with Crippen molar-refractivity contribution in [2.24, 2.45) is 21.7 Å². The fraction of sp³-hybridized carbons (Fsp3) is 0.846. The number of amides is 1. The lowest BCUT2D eigenvalue weighted by atomic mass is 9.76. The summed E-state index contributed by atoms with van der Waals surface area (Å²) >= 11 is 0. The molecule has 7 nitrogen and oxygen atoms in total. The molecule has 196 valence electrons. The second-order valence-corrected chi connectivity index (χ2v) is 15.5. The van der Waals surface area contributed by atoms with Gasteiger partial charge in [-0.3, -0.25) is 13.8 Å². The van der Waals surface area contributed by atoms with E-state index in [0.29, 0.717) is 30.6 Å². The van der Waals surface area contributed by atoms with Crippen molar-refractivity contribution in [1.82, 2.24) is 9.80 Å². The molecule has 1 amide bonds. The lowest BCUT2D eigenvalue weighted by Gasteiger charge is -2.37. The molecule has 0 atom stereocenters. The Morgan fingerprint density at radius 3 is 1.62 bits per heavy atom. The lowest BCUT2D eigenvalue weighted by molar-refractivity contribution is -0.479. The van der Waals surface area contributed by atoms with Crippen LogP contribution in [-0.4, -0.2) is 95.1 Å². The zero-order chi connectivity index (χ0) is 26.3. The van der Waals surface area contributed by atoms with Crippen molar-refractivity contribution >= 4 is 33.3 Å². The Labute approximate surface area is 207 Å². The smallest absolute Gasteiger partial charge is 0.357 e. The molecule has 34 heavy (non-hydrogen) atoms. The van der Waals surface area contributed by atoms with Crippen LogP contribution in [0.15, 0.2) is 0 Å². The first-order valence-electron chi connectivity index (χ1n) is 12.4. The predicted octanol–water partition coefficient (Wildman–Crippen LogP) is 2.92. The van der Waals surface area contributed by atoms with Crippen molar-refractivity contribution in [3.8, 4) is 0 Å². The monoisotopic (exact) mass is 498 g/mol. The molecule has 1 saturated heterocycles. The maximum Gasteiger partial charge on any atom is 0.453 e. The van der Waals surface area contributed by atoms with Gasteiger partial charge in [-0.2, -0.15) is 0 Å². The second kappa shape index (κ2) is 9.47. The highest BCUT2D eigenvalue weighted by Gasteiger charge is 2.60. The third-order valence-corrected chi connectivity index (χ3v) is 9.73. The number of carbonyl (C=O) groups is 2. The quantitative estimate of drug-likeness (QED) is 0.193. The summed E-state index contributed by atoms with van der Waals surface area (Å²) in [4.78, 5) is 28.6. The number of rotatable bonds is 2. The second-order valence-electron chi connectivity index (χ2n) is 12.8. The van der Waals surface area contributed by atoms with Crippen LogP contribution < -0.4 is 0 Å². The van der Waals surface area contributed by atoms with Gasteiger partial charge in [-0.15, -0.1) is 0 Å². The van der Waals surface area contributed by atoms with Crippen molar-refractivity contribution in [2.45, 2.75) is 67.2 Å². The van der Waals surface area contributed by atoms with Gasteiger partial charge in [0.25, 0.3) is 0 Å². The van der Waals surface area contributed by atoms with Gasteiger partial charge in [0.15, 0.2) is 0 Å². The molecular formula is C26H48N3O4S+. The molecule has 0 aromatic carbocycles. The number of ether oxygens (including phenoxy) is 1. The standard InChI is InChI=1S/C13H25N2O2.C13H23NO2S/c1-12(2,3)13(8-9-13)10(16)17-11(14(4)5)15(6)7;1-12(2,3)13(5-6-13)11(15)14-7-9-17(4,16)10-8-14/h8-9H2,1-7H3;4-10H2,1-3H3/q+1;. The SMILES string of the molecule is C=S1(=O)CCN(C(=O)C2(C(C)(C)C)CC2)CC1.CN(C)C(OC(=O)C1(C(C)(C)C)CC1)=[N+](C)C. The normalized spacial score (nSPS) is 22.0. The molecule has 0 aromatic rings. The first kappa shape index (κ1) is 28.7. The Morgan fingerprint density at radius 2 is 1.32 bits per heavy atom. The van der Waals surface area contributed by atoms with Gasteiger partial charge in [0.05, 0.1) is 39.0 Å². The minimum Gasteiger partial charge on any atom is -0.357 e. The summed E-state index contributed by atoms with van der Waals surface area (Å²) in [6.07, 6.45) is 3.88. The van der Waals surface area contributed by atoms with E-state index in [1.165, 1.54) is 0 Å². The highest BCUT2D eigenvalue weighted by atomic mass is 32.2. The van der Waals surface area contributed by atoms with Crippen molar-refractivity contribution in [3.05, 3.63) is 0 Å². The van der Waals surface area contributed by atoms with E-state index in [0.717, 1.165) is 25.7 Å². The number of hydrogen-bond donors (Lipinski definition) is 0. The Kier molecular flexibility index (Phi) is 7.99. The predicted molar refractivity (Wildman–Crippen MR) is 141 cm³/mol. The highest BCUT2D eigenvalue weighted by Crippen LogP contribution is 2.60. The van der Waals surface area contributed by atoms with Crippen molar-refractivity contribution in [1.29, 1.82) is 0 Å². The van der Waals surface area contributed by atoms with Crippen LogP contribution in [0.1, 0.15) is 67.2 Å². The van der Waals surface area contributed by atoms with Gasteiger partial charge in [0.2, 0.25) is 5.91 Å². The number of nitrogens with zero attached hydrogens (tertiary/aromatic N) is 3. The average Bonchev–Trinajstić information content (AvgIpc) is 3.57. The Bertz CT molecular complexity index is 910. The van der Waals surface area contributed by atoms with Gasteiger partial charge in [0.1, 0.15) is 0 Å². The van der Waals surface area contributed by atoms with E-state index in [2.05, 4.69) is 47.4 Å². The Morgan fingerprint density at radius 1 is 0.912 bits per heavy atom. The van der Waals surface area contributed by atoms with Gasteiger partial charge in [-0.25, -0.2) is 9.48 Å². The van der Waals surface area contributed by atoms with Crippen LogP contribution >= 0.6 is 0 Å². The van der Waals surface area contributed by atoms with Crippen LogP contribution in [0.3, 0.4) is 0 Å². The number of esters is 1. The van der Waals surface area contributed by atoms with E-state index in [1.807, 2.05) is 42.6 Å². The minimum atomic E-state index is -1.90. The van der Waals surface area contributed by atoms with Crippen LogP contribution in [0.25, 0.3) is 0 Å². The van der Waals surface area contributed by atoms with Crippen LogP contribution in [0.4, 0.5) is 0 Å². The molecule has 0 bridgehead atoms. The van der Waals surface area contributed by atoms with Gasteiger partial charge in [0, 0.05) is 24.6 Å².